The van der Waals surface area contributed by atoms with Gasteiger partial charge in [-0.05, 0) is 82.9 Å². The lowest BCUT2D eigenvalue weighted by Gasteiger charge is -2.22. The second kappa shape index (κ2) is 21.9. The summed E-state index contributed by atoms with van der Waals surface area (Å²) < 4.78 is 80.0. The highest BCUT2D eigenvalue weighted by Crippen LogP contribution is 2.50. The molecule has 0 bridgehead atoms. The van der Waals surface area contributed by atoms with Crippen molar-refractivity contribution in [3.8, 4) is 34.1 Å². The van der Waals surface area contributed by atoms with E-state index in [0.29, 0.717) is 0 Å². The first-order valence-corrected chi connectivity index (χ1v) is 19.0. The molecule has 0 heterocycles. The fraction of sp³-hybridized carbons (Fsp3) is 0.244. The maximum absolute atomic E-state index is 14.8. The largest absolute Gasteiger partial charge is 0.514 e. The lowest BCUT2D eigenvalue weighted by Crippen LogP contribution is -2.17. The molecule has 1 aliphatic rings. The third-order valence-electron chi connectivity index (χ3n) is 8.93. The first-order chi connectivity index (χ1) is 30.2. The zero-order valence-electron chi connectivity index (χ0n) is 33.9. The Morgan fingerprint density at radius 3 is 1.25 bits per heavy atom. The third-order valence-corrected chi connectivity index (χ3v) is 8.93. The molecule has 4 aromatic rings. The Kier molecular flexibility index (Phi) is 16.2. The molecule has 0 radical (unpaired) electrons. The van der Waals surface area contributed by atoms with Crippen molar-refractivity contribution in [2.45, 2.75) is 19.3 Å². The van der Waals surface area contributed by atoms with Crippen molar-refractivity contribution < 1.29 is 84.9 Å². The number of fused-ring (bicyclic) bond motifs is 3. The van der Waals surface area contributed by atoms with Crippen LogP contribution in [-0.4, -0.2) is 89.0 Å². The van der Waals surface area contributed by atoms with Crippen molar-refractivity contribution >= 4 is 36.2 Å². The summed E-state index contributed by atoms with van der Waals surface area (Å²) in [5.41, 5.74) is 2.17. The Morgan fingerprint density at radius 1 is 0.508 bits per heavy atom. The molecule has 0 atom stereocenters. The number of halogens is 2. The van der Waals surface area contributed by atoms with E-state index in [1.54, 1.807) is 36.4 Å². The summed E-state index contributed by atoms with van der Waals surface area (Å²) in [6.45, 7) is 9.88. The van der Waals surface area contributed by atoms with Gasteiger partial charge in [-0.25, -0.2) is 37.5 Å². The fourth-order valence-corrected chi connectivity index (χ4v) is 5.91. The molecule has 0 N–H and O–H groups in total. The zero-order valence-corrected chi connectivity index (χ0v) is 33.9. The molecule has 18 heteroatoms. The smallest absolute Gasteiger partial charge is 0.460 e. The van der Waals surface area contributed by atoms with Gasteiger partial charge in [-0.3, -0.25) is 0 Å². The van der Waals surface area contributed by atoms with Crippen LogP contribution in [0.4, 0.5) is 18.4 Å². The van der Waals surface area contributed by atoms with Gasteiger partial charge in [0.15, 0.2) is 23.1 Å². The van der Waals surface area contributed by atoms with Crippen molar-refractivity contribution in [2.24, 2.45) is 0 Å². The molecule has 4 aromatic carbocycles. The first kappa shape index (κ1) is 46.6. The minimum atomic E-state index is -1.21. The van der Waals surface area contributed by atoms with E-state index < -0.39 is 64.7 Å². The number of hydrogen-bond acceptors (Lipinski definition) is 16. The Bertz CT molecular complexity index is 2230. The number of rotatable bonds is 20. The van der Waals surface area contributed by atoms with Crippen molar-refractivity contribution in [2.75, 3.05) is 52.9 Å². The van der Waals surface area contributed by atoms with E-state index in [1.807, 2.05) is 13.8 Å². The number of hydrogen-bond donors (Lipinski definition) is 0. The fourth-order valence-electron chi connectivity index (χ4n) is 5.91. The number of carbonyl (C=O) groups is 6. The van der Waals surface area contributed by atoms with Crippen molar-refractivity contribution in [3.05, 3.63) is 132 Å². The van der Waals surface area contributed by atoms with Crippen LogP contribution in [0.3, 0.4) is 0 Å². The van der Waals surface area contributed by atoms with Crippen LogP contribution in [0.1, 0.15) is 45.7 Å². The second-order valence-electron chi connectivity index (χ2n) is 13.5. The molecule has 0 unspecified atom stereocenters. The monoisotopic (exact) mass is 874 g/mol. The molecule has 16 nitrogen and oxygen atoms in total. The van der Waals surface area contributed by atoms with Crippen LogP contribution in [-0.2, 0) is 43.4 Å². The molecule has 330 valence electrons. The summed E-state index contributed by atoms with van der Waals surface area (Å²) in [6, 6.07) is 16.2. The van der Waals surface area contributed by atoms with Crippen molar-refractivity contribution in [3.63, 3.8) is 0 Å². The average Bonchev–Trinajstić information content (AvgIpc) is 3.48. The van der Waals surface area contributed by atoms with Gasteiger partial charge < -0.3 is 47.4 Å². The zero-order chi connectivity index (χ0) is 45.5. The molecule has 0 fully saturated rings. The van der Waals surface area contributed by atoms with Gasteiger partial charge in [0, 0.05) is 17.6 Å². The quantitative estimate of drug-likeness (QED) is 0.0215. The van der Waals surface area contributed by atoms with Gasteiger partial charge in [0.25, 0.3) is 0 Å². The number of benzene rings is 4. The van der Waals surface area contributed by atoms with Gasteiger partial charge in [0.2, 0.25) is 0 Å². The van der Waals surface area contributed by atoms with Crippen molar-refractivity contribution in [1.29, 1.82) is 0 Å². The van der Waals surface area contributed by atoms with Gasteiger partial charge in [0.1, 0.15) is 37.9 Å². The molecule has 5 rings (SSSR count). The molecule has 1 aliphatic carbocycles. The van der Waals surface area contributed by atoms with E-state index in [9.17, 15) is 37.5 Å². The van der Waals surface area contributed by atoms with Crippen LogP contribution in [0.15, 0.2) is 98.1 Å². The Balaban J connectivity index is 1.11. The highest BCUT2D eigenvalue weighted by Gasteiger charge is 2.36. The van der Waals surface area contributed by atoms with E-state index in [-0.39, 0.29) is 75.5 Å². The number of carbonyl (C=O) groups excluding carboxylic acids is 6. The molecular weight excluding hydrogens is 834 g/mol. The Labute approximate surface area is 358 Å². The van der Waals surface area contributed by atoms with Crippen LogP contribution >= 0.6 is 0 Å². The Hall–Kier alpha value is -7.44. The minimum Gasteiger partial charge on any atom is -0.460 e. The minimum absolute atomic E-state index is 0.0231. The second-order valence-corrected chi connectivity index (χ2v) is 13.5. The predicted octanol–water partition coefficient (Wildman–Crippen LogP) is 7.23. The summed E-state index contributed by atoms with van der Waals surface area (Å²) in [5, 5.41) is 0. The summed E-state index contributed by atoms with van der Waals surface area (Å²) in [4.78, 5) is 72.1. The lowest BCUT2D eigenvalue weighted by molar-refractivity contribution is -0.140. The van der Waals surface area contributed by atoms with E-state index in [4.69, 9.17) is 47.4 Å². The van der Waals surface area contributed by atoms with E-state index >= 15 is 0 Å². The third kappa shape index (κ3) is 12.8. The molecule has 0 aromatic heterocycles. The van der Waals surface area contributed by atoms with Crippen LogP contribution in [0.2, 0.25) is 0 Å². The number of ether oxygens (including phenoxy) is 10. The summed E-state index contributed by atoms with van der Waals surface area (Å²) in [6.07, 6.45) is -0.414. The van der Waals surface area contributed by atoms with Crippen molar-refractivity contribution in [1.82, 2.24) is 0 Å². The van der Waals surface area contributed by atoms with Crippen LogP contribution < -0.4 is 18.9 Å². The summed E-state index contributed by atoms with van der Waals surface area (Å²) >= 11 is 0. The maximum Gasteiger partial charge on any atom is 0.514 e. The van der Waals surface area contributed by atoms with Gasteiger partial charge >= 0.3 is 36.2 Å². The SMILES string of the molecule is C=CC(=O)OCCOCCOC(=O)Oc1ccc(C(=O)Oc2ccc3c(c2)C(C)(C)c2cc(OC(=O)c4ccc(OC(=O)OCCOCCOC(=O)C=C)c(F)c4)ccc2-3)cc1F. The topological polar surface area (TPSA) is 195 Å². The van der Waals surface area contributed by atoms with Crippen LogP contribution in [0, 0.1) is 11.6 Å². The highest BCUT2D eigenvalue weighted by atomic mass is 19.1. The standard InChI is InChI=1S/C45H40F2O16/c1-5-39(48)56-19-15-54-17-21-58-43(52)62-37-13-7-27(23-35(37)46)41(50)60-29-9-11-31-32-12-10-30(26-34(32)45(3,4)33(31)25-29)61-42(51)28-8-14-38(36(47)24-28)63-44(53)59-22-18-55-16-20-57-40(49)6-2/h5-14,23-26H,1-2,15-22H2,3-4H3. The van der Waals surface area contributed by atoms with E-state index in [0.717, 1.165) is 58.7 Å². The normalized spacial score (nSPS) is 11.8. The van der Waals surface area contributed by atoms with Crippen LogP contribution in [0.5, 0.6) is 23.0 Å². The predicted molar refractivity (Wildman–Crippen MR) is 215 cm³/mol. The van der Waals surface area contributed by atoms with Gasteiger partial charge in [-0.15, -0.1) is 0 Å². The molecule has 0 saturated carbocycles. The maximum atomic E-state index is 14.8. The molecule has 0 amide bonds. The molecule has 0 aliphatic heterocycles. The number of esters is 4. The average molecular weight is 875 g/mol. The van der Waals surface area contributed by atoms with Gasteiger partial charge in [0.05, 0.1) is 37.6 Å². The Morgan fingerprint density at radius 2 is 0.889 bits per heavy atom. The molecule has 63 heavy (non-hydrogen) atoms. The highest BCUT2D eigenvalue weighted by molar-refractivity contribution is 5.93. The molecule has 0 saturated heterocycles. The molecular formula is C45H40F2O16. The summed E-state index contributed by atoms with van der Waals surface area (Å²) in [5.74, 6) is -5.70. The van der Waals surface area contributed by atoms with Crippen LogP contribution in [0.25, 0.3) is 11.1 Å². The summed E-state index contributed by atoms with van der Waals surface area (Å²) in [7, 11) is 0. The lowest BCUT2D eigenvalue weighted by atomic mass is 9.82. The van der Waals surface area contributed by atoms with Gasteiger partial charge in [-0.2, -0.15) is 0 Å². The van der Waals surface area contributed by atoms with Gasteiger partial charge in [-0.1, -0.05) is 39.1 Å². The van der Waals surface area contributed by atoms with E-state index in [1.165, 1.54) is 12.1 Å². The molecule has 0 spiro atoms. The van der Waals surface area contributed by atoms with E-state index in [2.05, 4.69) is 13.2 Å². The first-order valence-electron chi connectivity index (χ1n) is 19.0.